The van der Waals surface area contributed by atoms with Gasteiger partial charge in [-0.3, -0.25) is 14.5 Å². The summed E-state index contributed by atoms with van der Waals surface area (Å²) in [6, 6.07) is 5.93. The molecule has 3 N–H and O–H groups in total. The maximum absolute atomic E-state index is 11.1. The third-order valence-corrected chi connectivity index (χ3v) is 3.68. The number of primary amides is 1. The minimum absolute atomic E-state index is 0.162. The van der Waals surface area contributed by atoms with Gasteiger partial charge in [0.25, 0.3) is 0 Å². The highest BCUT2D eigenvalue weighted by atomic mass is 16.4. The van der Waals surface area contributed by atoms with Crippen molar-refractivity contribution in [3.63, 3.8) is 0 Å². The van der Waals surface area contributed by atoms with Gasteiger partial charge in [0.2, 0.25) is 5.91 Å². The molecule has 0 spiro atoms. The standard InChI is InChI=1S/C15H20N2O3/c1-10-8-11(15(16)20)2-3-12(10)9-17(13-4-5-13)7-6-14(18)19/h2-3,8,13H,4-7,9H2,1H3,(H2,16,20)(H,18,19). The molecule has 1 saturated carbocycles. The van der Waals surface area contributed by atoms with Gasteiger partial charge in [0.1, 0.15) is 0 Å². The number of hydrogen-bond donors (Lipinski definition) is 2. The number of aryl methyl sites for hydroxylation is 1. The van der Waals surface area contributed by atoms with Crippen molar-refractivity contribution in [2.75, 3.05) is 6.54 Å². The van der Waals surface area contributed by atoms with Crippen LogP contribution in [0.15, 0.2) is 18.2 Å². The number of carboxylic acid groups (broad SMARTS) is 1. The summed E-state index contributed by atoms with van der Waals surface area (Å²) in [6.07, 6.45) is 2.44. The molecular formula is C15H20N2O3. The maximum atomic E-state index is 11.1. The van der Waals surface area contributed by atoms with Crippen molar-refractivity contribution in [3.8, 4) is 0 Å². The van der Waals surface area contributed by atoms with Crippen LogP contribution in [0.3, 0.4) is 0 Å². The van der Waals surface area contributed by atoms with Crippen molar-refractivity contribution in [2.24, 2.45) is 5.73 Å². The van der Waals surface area contributed by atoms with Crippen molar-refractivity contribution in [3.05, 3.63) is 34.9 Å². The molecule has 108 valence electrons. The molecule has 0 heterocycles. The van der Waals surface area contributed by atoms with Crippen molar-refractivity contribution in [2.45, 2.75) is 38.8 Å². The minimum Gasteiger partial charge on any atom is -0.481 e. The van der Waals surface area contributed by atoms with E-state index in [4.69, 9.17) is 10.8 Å². The first kappa shape index (κ1) is 14.5. The van der Waals surface area contributed by atoms with Crippen molar-refractivity contribution >= 4 is 11.9 Å². The number of benzene rings is 1. The van der Waals surface area contributed by atoms with Gasteiger partial charge in [-0.05, 0) is 43.0 Å². The summed E-state index contributed by atoms with van der Waals surface area (Å²) in [5.74, 6) is -1.19. The molecule has 0 aromatic heterocycles. The third-order valence-electron chi connectivity index (χ3n) is 3.68. The smallest absolute Gasteiger partial charge is 0.304 e. The average Bonchev–Trinajstić information content (AvgIpc) is 3.19. The van der Waals surface area contributed by atoms with Crippen molar-refractivity contribution in [1.29, 1.82) is 0 Å². The molecule has 20 heavy (non-hydrogen) atoms. The Balaban J connectivity index is 2.06. The second-order valence-electron chi connectivity index (χ2n) is 5.35. The van der Waals surface area contributed by atoms with E-state index in [0.29, 0.717) is 18.2 Å². The van der Waals surface area contributed by atoms with Gasteiger partial charge in [0, 0.05) is 24.7 Å². The molecule has 0 unspecified atom stereocenters. The van der Waals surface area contributed by atoms with Crippen LogP contribution in [0, 0.1) is 6.92 Å². The second-order valence-corrected chi connectivity index (χ2v) is 5.35. The van der Waals surface area contributed by atoms with E-state index in [1.54, 1.807) is 12.1 Å². The second kappa shape index (κ2) is 6.05. The Labute approximate surface area is 118 Å². The predicted octanol–water partition coefficient (Wildman–Crippen LogP) is 1.53. The van der Waals surface area contributed by atoms with Crippen LogP contribution in [0.2, 0.25) is 0 Å². The van der Waals surface area contributed by atoms with Gasteiger partial charge in [-0.15, -0.1) is 0 Å². The molecule has 5 nitrogen and oxygen atoms in total. The molecule has 1 fully saturated rings. The third kappa shape index (κ3) is 3.81. The quantitative estimate of drug-likeness (QED) is 0.791. The van der Waals surface area contributed by atoms with E-state index in [1.165, 1.54) is 0 Å². The zero-order chi connectivity index (χ0) is 14.7. The average molecular weight is 276 g/mol. The maximum Gasteiger partial charge on any atom is 0.304 e. The summed E-state index contributed by atoms with van der Waals surface area (Å²) in [5, 5.41) is 8.80. The number of amides is 1. The topological polar surface area (TPSA) is 83.6 Å². The first-order valence-corrected chi connectivity index (χ1v) is 6.82. The minimum atomic E-state index is -0.767. The zero-order valence-corrected chi connectivity index (χ0v) is 11.6. The van der Waals surface area contributed by atoms with Gasteiger partial charge in [0.15, 0.2) is 0 Å². The lowest BCUT2D eigenvalue weighted by atomic mass is 10.0. The molecule has 2 rings (SSSR count). The first-order valence-electron chi connectivity index (χ1n) is 6.82. The molecular weight excluding hydrogens is 256 g/mol. The summed E-state index contributed by atoms with van der Waals surface area (Å²) in [7, 11) is 0. The van der Waals surface area contributed by atoms with Crippen molar-refractivity contribution < 1.29 is 14.7 Å². The van der Waals surface area contributed by atoms with Gasteiger partial charge in [-0.2, -0.15) is 0 Å². The molecule has 1 aliphatic rings. The van der Waals surface area contributed by atoms with Crippen LogP contribution in [0.1, 0.15) is 40.7 Å². The SMILES string of the molecule is Cc1cc(C(N)=O)ccc1CN(CCC(=O)O)C1CC1. The molecule has 1 aliphatic carbocycles. The molecule has 0 aliphatic heterocycles. The summed E-state index contributed by atoms with van der Waals surface area (Å²) in [6.45, 7) is 3.24. The van der Waals surface area contributed by atoms with Crippen LogP contribution < -0.4 is 5.73 Å². The fourth-order valence-corrected chi connectivity index (χ4v) is 2.32. The summed E-state index contributed by atoms with van der Waals surface area (Å²) in [4.78, 5) is 24.0. The number of rotatable bonds is 7. The van der Waals surface area contributed by atoms with Crippen LogP contribution in [0.4, 0.5) is 0 Å². The number of hydrogen-bond acceptors (Lipinski definition) is 3. The van der Waals surface area contributed by atoms with E-state index < -0.39 is 11.9 Å². The molecule has 0 saturated heterocycles. The number of nitrogens with zero attached hydrogens (tertiary/aromatic N) is 1. The van der Waals surface area contributed by atoms with E-state index in [2.05, 4.69) is 4.90 Å². The molecule has 5 heteroatoms. The van der Waals surface area contributed by atoms with E-state index in [-0.39, 0.29) is 6.42 Å². The summed E-state index contributed by atoms with van der Waals surface area (Å²) in [5.41, 5.74) is 7.90. The summed E-state index contributed by atoms with van der Waals surface area (Å²) < 4.78 is 0. The molecule has 0 bridgehead atoms. The predicted molar refractivity (Wildman–Crippen MR) is 75.4 cm³/mol. The van der Waals surface area contributed by atoms with Gasteiger partial charge in [0.05, 0.1) is 6.42 Å². The fraction of sp³-hybridized carbons (Fsp3) is 0.467. The number of aliphatic carboxylic acids is 1. The number of carboxylic acids is 1. The number of nitrogens with two attached hydrogens (primary N) is 1. The Kier molecular flexibility index (Phi) is 4.39. The van der Waals surface area contributed by atoms with Gasteiger partial charge < -0.3 is 10.8 Å². The van der Waals surface area contributed by atoms with E-state index in [0.717, 1.165) is 30.5 Å². The fourth-order valence-electron chi connectivity index (χ4n) is 2.32. The Bertz CT molecular complexity index is 524. The highest BCUT2D eigenvalue weighted by Gasteiger charge is 2.29. The normalized spacial score (nSPS) is 14.5. The Morgan fingerprint density at radius 1 is 1.40 bits per heavy atom. The summed E-state index contributed by atoms with van der Waals surface area (Å²) >= 11 is 0. The molecule has 1 amide bonds. The molecule has 0 radical (unpaired) electrons. The van der Waals surface area contributed by atoms with E-state index >= 15 is 0 Å². The van der Waals surface area contributed by atoms with Crippen LogP contribution in [-0.4, -0.2) is 34.5 Å². The van der Waals surface area contributed by atoms with Crippen LogP contribution in [-0.2, 0) is 11.3 Å². The number of carbonyl (C=O) groups excluding carboxylic acids is 1. The van der Waals surface area contributed by atoms with Gasteiger partial charge in [-0.1, -0.05) is 6.07 Å². The molecule has 1 aromatic carbocycles. The van der Waals surface area contributed by atoms with Crippen molar-refractivity contribution in [1.82, 2.24) is 4.90 Å². The lowest BCUT2D eigenvalue weighted by Crippen LogP contribution is -2.28. The van der Waals surface area contributed by atoms with Crippen LogP contribution in [0.5, 0.6) is 0 Å². The molecule has 0 atom stereocenters. The van der Waals surface area contributed by atoms with Gasteiger partial charge >= 0.3 is 5.97 Å². The highest BCUT2D eigenvalue weighted by Crippen LogP contribution is 2.29. The Morgan fingerprint density at radius 3 is 2.60 bits per heavy atom. The lowest BCUT2D eigenvalue weighted by molar-refractivity contribution is -0.137. The van der Waals surface area contributed by atoms with Crippen LogP contribution >= 0.6 is 0 Å². The van der Waals surface area contributed by atoms with Crippen LogP contribution in [0.25, 0.3) is 0 Å². The highest BCUT2D eigenvalue weighted by molar-refractivity contribution is 5.93. The van der Waals surface area contributed by atoms with Gasteiger partial charge in [-0.25, -0.2) is 0 Å². The lowest BCUT2D eigenvalue weighted by Gasteiger charge is -2.22. The van der Waals surface area contributed by atoms with E-state index in [9.17, 15) is 9.59 Å². The molecule has 1 aromatic rings. The monoisotopic (exact) mass is 276 g/mol. The zero-order valence-electron chi connectivity index (χ0n) is 11.6. The number of carbonyl (C=O) groups is 2. The Hall–Kier alpha value is -1.88. The van der Waals surface area contributed by atoms with E-state index in [1.807, 2.05) is 13.0 Å². The largest absolute Gasteiger partial charge is 0.481 e. The Morgan fingerprint density at radius 2 is 2.10 bits per heavy atom. The first-order chi connectivity index (χ1) is 9.47.